The Hall–Kier alpha value is -3.44. The van der Waals surface area contributed by atoms with Gasteiger partial charge < -0.3 is 10.6 Å². The average Bonchev–Trinajstić information content (AvgIpc) is 3.06. The third-order valence-electron chi connectivity index (χ3n) is 4.23. The maximum absolute atomic E-state index is 12.3. The molecule has 146 valence electrons. The van der Waals surface area contributed by atoms with Crippen molar-refractivity contribution in [3.05, 3.63) is 65.2 Å². The van der Waals surface area contributed by atoms with E-state index in [-0.39, 0.29) is 18.2 Å². The molecule has 0 radical (unpaired) electrons. The van der Waals surface area contributed by atoms with E-state index in [1.54, 1.807) is 24.3 Å². The van der Waals surface area contributed by atoms with E-state index >= 15 is 0 Å². The van der Waals surface area contributed by atoms with Crippen LogP contribution in [0.2, 0.25) is 0 Å². The zero-order valence-corrected chi connectivity index (χ0v) is 16.8. The number of nitrogens with zero attached hydrogens (tertiary/aromatic N) is 3. The van der Waals surface area contributed by atoms with Gasteiger partial charge in [0, 0.05) is 6.42 Å². The van der Waals surface area contributed by atoms with Crippen molar-refractivity contribution in [3.63, 3.8) is 0 Å². The molecular weight excluding hydrogens is 386 g/mol. The first-order valence-electron chi connectivity index (χ1n) is 8.92. The smallest absolute Gasteiger partial charge is 0.240 e. The van der Waals surface area contributed by atoms with Crippen LogP contribution < -0.4 is 10.6 Å². The zero-order chi connectivity index (χ0) is 20.8. The fraction of sp³-hybridized carbons (Fsp3) is 0.190. The van der Waals surface area contributed by atoms with Gasteiger partial charge in [-0.3, -0.25) is 9.59 Å². The second kappa shape index (κ2) is 9.17. The number of amides is 2. The summed E-state index contributed by atoms with van der Waals surface area (Å²) in [4.78, 5) is 24.4. The molecule has 1 saturated heterocycles. The normalized spacial score (nSPS) is 17.7. The van der Waals surface area contributed by atoms with Crippen molar-refractivity contribution in [3.8, 4) is 6.07 Å². The molecule has 1 fully saturated rings. The quantitative estimate of drug-likeness (QED) is 0.588. The van der Waals surface area contributed by atoms with Crippen molar-refractivity contribution in [2.45, 2.75) is 25.5 Å². The minimum atomic E-state index is -0.599. The molecule has 0 bridgehead atoms. The first kappa shape index (κ1) is 20.3. The number of carbonyl (C=O) groups is 2. The van der Waals surface area contributed by atoms with Crippen LogP contribution in [0.4, 0.5) is 5.69 Å². The Morgan fingerprint density at radius 3 is 2.69 bits per heavy atom. The van der Waals surface area contributed by atoms with Crippen molar-refractivity contribution < 1.29 is 9.59 Å². The van der Waals surface area contributed by atoms with Crippen molar-refractivity contribution in [1.29, 1.82) is 5.26 Å². The van der Waals surface area contributed by atoms with Crippen LogP contribution in [0.1, 0.15) is 30.0 Å². The van der Waals surface area contributed by atoms with Crippen molar-refractivity contribution in [1.82, 2.24) is 5.32 Å². The van der Waals surface area contributed by atoms with Gasteiger partial charge in [-0.15, -0.1) is 5.10 Å². The molecule has 2 N–H and O–H groups in total. The highest BCUT2D eigenvalue weighted by Gasteiger charge is 2.32. The van der Waals surface area contributed by atoms with Gasteiger partial charge in [-0.05, 0) is 31.5 Å². The van der Waals surface area contributed by atoms with Crippen molar-refractivity contribution in [2.24, 2.45) is 10.2 Å². The van der Waals surface area contributed by atoms with Crippen LogP contribution in [-0.2, 0) is 9.59 Å². The number of benzene rings is 2. The van der Waals surface area contributed by atoms with Crippen LogP contribution in [0, 0.1) is 18.3 Å². The Morgan fingerprint density at radius 1 is 1.24 bits per heavy atom. The maximum atomic E-state index is 12.3. The first-order chi connectivity index (χ1) is 14.0. The molecule has 1 aliphatic rings. The Labute approximate surface area is 172 Å². The van der Waals surface area contributed by atoms with Crippen molar-refractivity contribution >= 4 is 40.1 Å². The van der Waals surface area contributed by atoms with E-state index in [4.69, 9.17) is 5.26 Å². The molecule has 0 spiro atoms. The average molecular weight is 405 g/mol. The largest absolute Gasteiger partial charge is 0.325 e. The van der Waals surface area contributed by atoms with E-state index in [1.165, 1.54) is 0 Å². The summed E-state index contributed by atoms with van der Waals surface area (Å²) < 4.78 is 0. The molecule has 29 heavy (non-hydrogen) atoms. The number of para-hydroxylation sites is 1. The van der Waals surface area contributed by atoms with E-state index in [1.807, 2.05) is 44.2 Å². The number of nitrogens with one attached hydrogen (secondary N) is 2. The Bertz CT molecular complexity index is 1040. The van der Waals surface area contributed by atoms with Gasteiger partial charge in [0.25, 0.3) is 0 Å². The van der Waals surface area contributed by atoms with Gasteiger partial charge in [0.1, 0.15) is 11.3 Å². The SMILES string of the molecule is C/C(=N/N=C1\NC(=O)[C@@H](CC(=O)Nc2ccccc2C#N)S1)c1ccc(C)cc1. The molecule has 3 rings (SSSR count). The number of hydrogen-bond donors (Lipinski definition) is 2. The molecule has 0 aromatic heterocycles. The number of hydrogen-bond acceptors (Lipinski definition) is 6. The Morgan fingerprint density at radius 2 is 1.97 bits per heavy atom. The fourth-order valence-corrected chi connectivity index (χ4v) is 3.54. The zero-order valence-electron chi connectivity index (χ0n) is 16.0. The lowest BCUT2D eigenvalue weighted by Gasteiger charge is -2.08. The third kappa shape index (κ3) is 5.30. The summed E-state index contributed by atoms with van der Waals surface area (Å²) >= 11 is 1.16. The topological polar surface area (TPSA) is 107 Å². The molecule has 0 aliphatic carbocycles. The molecule has 1 heterocycles. The van der Waals surface area contributed by atoms with Gasteiger partial charge in [-0.2, -0.15) is 10.4 Å². The second-order valence-electron chi connectivity index (χ2n) is 6.46. The second-order valence-corrected chi connectivity index (χ2v) is 7.65. The van der Waals surface area contributed by atoms with Crippen LogP contribution in [0.15, 0.2) is 58.7 Å². The summed E-state index contributed by atoms with van der Waals surface area (Å²) in [7, 11) is 0. The van der Waals surface area contributed by atoms with Gasteiger partial charge >= 0.3 is 0 Å². The number of thioether (sulfide) groups is 1. The molecule has 2 amide bonds. The van der Waals surface area contributed by atoms with Crippen LogP contribution in [-0.4, -0.2) is 27.9 Å². The summed E-state index contributed by atoms with van der Waals surface area (Å²) in [5, 5.41) is 22.5. The molecule has 0 saturated carbocycles. The number of anilines is 1. The molecule has 2 aromatic rings. The monoisotopic (exact) mass is 405 g/mol. The molecule has 2 aromatic carbocycles. The van der Waals surface area contributed by atoms with Gasteiger partial charge in [-0.1, -0.05) is 53.7 Å². The number of rotatable bonds is 5. The molecule has 1 atom stereocenters. The lowest BCUT2D eigenvalue weighted by atomic mass is 10.1. The van der Waals surface area contributed by atoms with E-state index in [9.17, 15) is 9.59 Å². The standard InChI is InChI=1S/C21H19N5O2S/c1-13-7-9-15(10-8-13)14(2)25-26-21-24-20(28)18(29-21)11-19(27)23-17-6-4-3-5-16(17)12-22/h3-10,18H,11H2,1-2H3,(H,23,27)(H,24,26,28)/b25-14-/t18-/m1/s1. The van der Waals surface area contributed by atoms with Crippen LogP contribution in [0.25, 0.3) is 0 Å². The molecular formula is C21H19N5O2S. The fourth-order valence-electron chi connectivity index (χ4n) is 2.62. The Kier molecular flexibility index (Phi) is 6.42. The maximum Gasteiger partial charge on any atom is 0.240 e. The van der Waals surface area contributed by atoms with Gasteiger partial charge in [-0.25, -0.2) is 0 Å². The molecule has 7 nitrogen and oxygen atoms in total. The number of aryl methyl sites for hydroxylation is 1. The Balaban J connectivity index is 1.61. The minimum Gasteiger partial charge on any atom is -0.325 e. The third-order valence-corrected chi connectivity index (χ3v) is 5.30. The van der Waals surface area contributed by atoms with Gasteiger partial charge in [0.05, 0.1) is 17.0 Å². The number of amidine groups is 1. The molecule has 0 unspecified atom stereocenters. The van der Waals surface area contributed by atoms with Gasteiger partial charge in [0.15, 0.2) is 5.17 Å². The summed E-state index contributed by atoms with van der Waals surface area (Å²) in [6, 6.07) is 16.6. The summed E-state index contributed by atoms with van der Waals surface area (Å²) in [6.45, 7) is 3.85. The summed E-state index contributed by atoms with van der Waals surface area (Å²) in [5.41, 5.74) is 3.62. The highest BCUT2D eigenvalue weighted by molar-refractivity contribution is 8.15. The predicted octanol–water partition coefficient (Wildman–Crippen LogP) is 3.21. The highest BCUT2D eigenvalue weighted by Crippen LogP contribution is 2.23. The van der Waals surface area contributed by atoms with Gasteiger partial charge in [0.2, 0.25) is 11.8 Å². The van der Waals surface area contributed by atoms with E-state index in [2.05, 4.69) is 20.8 Å². The van der Waals surface area contributed by atoms with Crippen molar-refractivity contribution in [2.75, 3.05) is 5.32 Å². The lowest BCUT2D eigenvalue weighted by molar-refractivity contribution is -0.122. The highest BCUT2D eigenvalue weighted by atomic mass is 32.2. The summed E-state index contributed by atoms with van der Waals surface area (Å²) in [5.74, 6) is -0.637. The number of carbonyl (C=O) groups excluding carboxylic acids is 2. The molecule has 8 heteroatoms. The van der Waals surface area contributed by atoms with E-state index in [0.717, 1.165) is 28.6 Å². The molecule has 1 aliphatic heterocycles. The first-order valence-corrected chi connectivity index (χ1v) is 9.80. The van der Waals surface area contributed by atoms with E-state index < -0.39 is 5.25 Å². The minimum absolute atomic E-state index is 0.0318. The predicted molar refractivity (Wildman–Crippen MR) is 115 cm³/mol. The summed E-state index contributed by atoms with van der Waals surface area (Å²) in [6.07, 6.45) is -0.0318. The van der Waals surface area contributed by atoms with Crippen LogP contribution in [0.3, 0.4) is 0 Å². The van der Waals surface area contributed by atoms with E-state index in [0.29, 0.717) is 16.4 Å². The lowest BCUT2D eigenvalue weighted by Crippen LogP contribution is -2.28. The van der Waals surface area contributed by atoms with Crippen LogP contribution >= 0.6 is 11.8 Å². The number of nitriles is 1. The van der Waals surface area contributed by atoms with Crippen LogP contribution in [0.5, 0.6) is 0 Å².